The molecule has 0 heterocycles. The highest BCUT2D eigenvalue weighted by Crippen LogP contribution is 2.09. The van der Waals surface area contributed by atoms with Crippen LogP contribution >= 0.6 is 0 Å². The molecule has 0 aliphatic rings. The van der Waals surface area contributed by atoms with Gasteiger partial charge in [0.05, 0.1) is 5.92 Å². The number of rotatable bonds is 2. The molecular weight excluding hydrogens is 120 g/mol. The van der Waals surface area contributed by atoms with Crippen LogP contribution in [-0.4, -0.2) is 11.2 Å². The van der Waals surface area contributed by atoms with Crippen molar-refractivity contribution < 1.29 is 14.9 Å². The molecule has 0 saturated heterocycles. The van der Waals surface area contributed by atoms with Crippen LogP contribution in [-0.2, 0) is 9.68 Å². The molecule has 1 atom stereocenters. The van der Waals surface area contributed by atoms with E-state index < -0.39 is 5.97 Å². The zero-order chi connectivity index (χ0) is 7.44. The van der Waals surface area contributed by atoms with Crippen molar-refractivity contribution in [1.82, 2.24) is 0 Å². The van der Waals surface area contributed by atoms with Gasteiger partial charge in [-0.2, -0.15) is 5.26 Å². The Labute approximate surface area is 54.6 Å². The first-order valence-corrected chi connectivity index (χ1v) is 2.94. The Bertz CT molecular complexity index is 98.5. The van der Waals surface area contributed by atoms with Crippen molar-refractivity contribution in [3.05, 3.63) is 0 Å². The van der Waals surface area contributed by atoms with Gasteiger partial charge in [0.25, 0.3) is 0 Å². The lowest BCUT2D eigenvalue weighted by Gasteiger charge is -2.09. The normalized spacial score (nSPS) is 13.4. The zero-order valence-corrected chi connectivity index (χ0v) is 5.92. The fourth-order valence-electron chi connectivity index (χ4n) is 0.355. The molecule has 3 nitrogen and oxygen atoms in total. The second kappa shape index (κ2) is 3.45. The van der Waals surface area contributed by atoms with E-state index in [4.69, 9.17) is 5.26 Å². The summed E-state index contributed by atoms with van der Waals surface area (Å²) >= 11 is 0. The largest absolute Gasteiger partial charge is 0.345 e. The third-order valence-electron chi connectivity index (χ3n) is 1.46. The van der Waals surface area contributed by atoms with Crippen molar-refractivity contribution in [2.24, 2.45) is 11.8 Å². The third-order valence-corrected chi connectivity index (χ3v) is 1.46. The summed E-state index contributed by atoms with van der Waals surface area (Å²) in [4.78, 5) is 14.0. The summed E-state index contributed by atoms with van der Waals surface area (Å²) in [6.07, 6.45) is 0. The van der Waals surface area contributed by atoms with Gasteiger partial charge in [0.2, 0.25) is 0 Å². The molecule has 0 amide bonds. The summed E-state index contributed by atoms with van der Waals surface area (Å²) in [6, 6.07) is 0. The van der Waals surface area contributed by atoms with E-state index in [-0.39, 0.29) is 11.8 Å². The first-order valence-electron chi connectivity index (χ1n) is 2.94. The average molecular weight is 132 g/mol. The molecule has 9 heavy (non-hydrogen) atoms. The summed E-state index contributed by atoms with van der Waals surface area (Å²) in [5, 5.41) is 7.90. The van der Waals surface area contributed by atoms with E-state index in [0.717, 1.165) is 0 Å². The average Bonchev–Trinajstić information content (AvgIpc) is 1.84. The molecule has 0 bridgehead atoms. The van der Waals surface area contributed by atoms with Crippen LogP contribution in [0.5, 0.6) is 0 Å². The van der Waals surface area contributed by atoms with Gasteiger partial charge < -0.3 is 4.89 Å². The smallest absolute Gasteiger partial charge is 0.301 e. The molecular formula is C6H12O3. The van der Waals surface area contributed by atoms with E-state index in [1.54, 1.807) is 6.92 Å². The lowest BCUT2D eigenvalue weighted by Crippen LogP contribution is -2.17. The molecule has 0 fully saturated rings. The van der Waals surface area contributed by atoms with Gasteiger partial charge in [-0.15, -0.1) is 0 Å². The predicted octanol–water partition coefficient (Wildman–Crippen LogP) is 1.29. The monoisotopic (exact) mass is 132 g/mol. The summed E-state index contributed by atoms with van der Waals surface area (Å²) in [7, 11) is 0. The standard InChI is InChI=1S/C6H12O3/c1-4(2)5(3)6(7)9-8/h4-5,8H,1-3H3. The molecule has 0 aliphatic carbocycles. The van der Waals surface area contributed by atoms with E-state index in [2.05, 4.69) is 4.89 Å². The Morgan fingerprint density at radius 3 is 2.00 bits per heavy atom. The Hall–Kier alpha value is -0.570. The molecule has 1 N–H and O–H groups in total. The minimum atomic E-state index is -0.565. The Balaban J connectivity index is 3.72. The van der Waals surface area contributed by atoms with Crippen molar-refractivity contribution in [3.63, 3.8) is 0 Å². The fourth-order valence-corrected chi connectivity index (χ4v) is 0.355. The second-order valence-electron chi connectivity index (χ2n) is 2.44. The van der Waals surface area contributed by atoms with Gasteiger partial charge >= 0.3 is 5.97 Å². The van der Waals surface area contributed by atoms with E-state index in [0.29, 0.717) is 0 Å². The molecule has 0 aromatic heterocycles. The first kappa shape index (κ1) is 8.43. The maximum absolute atomic E-state index is 10.5. The molecule has 1 unspecified atom stereocenters. The van der Waals surface area contributed by atoms with Crippen LogP contribution in [0, 0.1) is 11.8 Å². The van der Waals surface area contributed by atoms with Crippen LogP contribution < -0.4 is 0 Å². The molecule has 0 radical (unpaired) electrons. The molecule has 0 rings (SSSR count). The van der Waals surface area contributed by atoms with Crippen molar-refractivity contribution in [3.8, 4) is 0 Å². The molecule has 3 heteroatoms. The lowest BCUT2D eigenvalue weighted by atomic mass is 9.99. The maximum Gasteiger partial charge on any atom is 0.345 e. The Morgan fingerprint density at radius 2 is 1.89 bits per heavy atom. The van der Waals surface area contributed by atoms with Gasteiger partial charge in [-0.05, 0) is 5.92 Å². The van der Waals surface area contributed by atoms with Gasteiger partial charge in [0.15, 0.2) is 0 Å². The molecule has 54 valence electrons. The van der Waals surface area contributed by atoms with Crippen LogP contribution in [0.4, 0.5) is 0 Å². The maximum atomic E-state index is 10.5. The number of carbonyl (C=O) groups is 1. The van der Waals surface area contributed by atoms with Gasteiger partial charge in [-0.1, -0.05) is 20.8 Å². The van der Waals surface area contributed by atoms with E-state index >= 15 is 0 Å². The number of carbonyl (C=O) groups excluding carboxylic acids is 1. The van der Waals surface area contributed by atoms with Crippen LogP contribution in [0.25, 0.3) is 0 Å². The highest BCUT2D eigenvalue weighted by molar-refractivity contribution is 5.71. The number of hydrogen-bond donors (Lipinski definition) is 1. The topological polar surface area (TPSA) is 46.5 Å². The van der Waals surface area contributed by atoms with Crippen LogP contribution in [0.15, 0.2) is 0 Å². The molecule has 0 aromatic carbocycles. The minimum Gasteiger partial charge on any atom is -0.301 e. The molecule has 0 aliphatic heterocycles. The van der Waals surface area contributed by atoms with Crippen LogP contribution in [0.1, 0.15) is 20.8 Å². The first-order chi connectivity index (χ1) is 4.09. The third kappa shape index (κ3) is 2.46. The molecule has 0 spiro atoms. The van der Waals surface area contributed by atoms with Gasteiger partial charge in [-0.25, -0.2) is 4.79 Å². The van der Waals surface area contributed by atoms with Crippen molar-refractivity contribution in [2.75, 3.05) is 0 Å². The van der Waals surface area contributed by atoms with E-state index in [1.807, 2.05) is 13.8 Å². The summed E-state index contributed by atoms with van der Waals surface area (Å²) in [5.74, 6) is -0.579. The van der Waals surface area contributed by atoms with Gasteiger partial charge in [-0.3, -0.25) is 0 Å². The van der Waals surface area contributed by atoms with E-state index in [9.17, 15) is 4.79 Å². The molecule has 0 aromatic rings. The quantitative estimate of drug-likeness (QED) is 0.455. The van der Waals surface area contributed by atoms with Crippen molar-refractivity contribution >= 4 is 5.97 Å². The van der Waals surface area contributed by atoms with Gasteiger partial charge in [0, 0.05) is 0 Å². The van der Waals surface area contributed by atoms with Crippen molar-refractivity contribution in [1.29, 1.82) is 0 Å². The SMILES string of the molecule is CC(C)C(C)C(=O)OO. The van der Waals surface area contributed by atoms with E-state index in [1.165, 1.54) is 0 Å². The second-order valence-corrected chi connectivity index (χ2v) is 2.44. The Kier molecular flexibility index (Phi) is 3.24. The lowest BCUT2D eigenvalue weighted by molar-refractivity contribution is -0.239. The van der Waals surface area contributed by atoms with Gasteiger partial charge in [0.1, 0.15) is 0 Å². The van der Waals surface area contributed by atoms with Crippen LogP contribution in [0.3, 0.4) is 0 Å². The summed E-state index contributed by atoms with van der Waals surface area (Å²) in [6.45, 7) is 5.49. The fraction of sp³-hybridized carbons (Fsp3) is 0.833. The predicted molar refractivity (Wildman–Crippen MR) is 32.7 cm³/mol. The molecule has 0 saturated carbocycles. The van der Waals surface area contributed by atoms with Crippen molar-refractivity contribution in [2.45, 2.75) is 20.8 Å². The summed E-state index contributed by atoms with van der Waals surface area (Å²) < 4.78 is 0. The highest BCUT2D eigenvalue weighted by atomic mass is 17.1. The highest BCUT2D eigenvalue weighted by Gasteiger charge is 2.17. The number of hydrogen-bond acceptors (Lipinski definition) is 3. The Morgan fingerprint density at radius 1 is 1.44 bits per heavy atom. The minimum absolute atomic E-state index is 0.213. The summed E-state index contributed by atoms with van der Waals surface area (Å²) in [5.41, 5.74) is 0. The van der Waals surface area contributed by atoms with Crippen LogP contribution in [0.2, 0.25) is 0 Å². The zero-order valence-electron chi connectivity index (χ0n) is 5.92.